The Labute approximate surface area is 143 Å². The van der Waals surface area contributed by atoms with Crippen molar-refractivity contribution in [1.82, 2.24) is 9.97 Å². The molecule has 0 saturated heterocycles. The van der Waals surface area contributed by atoms with E-state index < -0.39 is 0 Å². The van der Waals surface area contributed by atoms with Crippen LogP contribution in [0.15, 0.2) is 18.2 Å². The quantitative estimate of drug-likeness (QED) is 0.737. The molecular weight excluding hydrogens is 326 g/mol. The number of nitrogens with zero attached hydrogens (tertiary/aromatic N) is 2. The van der Waals surface area contributed by atoms with Crippen molar-refractivity contribution in [3.63, 3.8) is 0 Å². The number of nitrogens with one attached hydrogen (secondary N) is 1. The highest BCUT2D eigenvalue weighted by Gasteiger charge is 2.17. The molecule has 0 radical (unpaired) electrons. The van der Waals surface area contributed by atoms with Crippen LogP contribution in [0.1, 0.15) is 39.8 Å². The highest BCUT2D eigenvalue weighted by Crippen LogP contribution is 2.29. The summed E-state index contributed by atoms with van der Waals surface area (Å²) in [6.45, 7) is 8.22. The van der Waals surface area contributed by atoms with Crippen LogP contribution in [0.2, 0.25) is 0 Å². The summed E-state index contributed by atoms with van der Waals surface area (Å²) in [5, 5.41) is 4.57. The number of anilines is 1. The summed E-state index contributed by atoms with van der Waals surface area (Å²) in [6.07, 6.45) is 0.902. The second-order valence-corrected chi connectivity index (χ2v) is 8.13. The van der Waals surface area contributed by atoms with Crippen LogP contribution < -0.4 is 5.32 Å². The number of hydrogen-bond donors (Lipinski definition) is 1. The Morgan fingerprint density at radius 2 is 2.00 bits per heavy atom. The van der Waals surface area contributed by atoms with Gasteiger partial charge in [-0.15, -0.1) is 11.3 Å². The molecule has 0 aliphatic carbocycles. The van der Waals surface area contributed by atoms with E-state index in [1.54, 1.807) is 0 Å². The van der Waals surface area contributed by atoms with Gasteiger partial charge in [-0.1, -0.05) is 37.3 Å². The third-order valence-electron chi connectivity index (χ3n) is 3.47. The molecule has 1 amide bonds. The lowest BCUT2D eigenvalue weighted by atomic mass is 10.1. The number of thiazole rings is 2. The van der Waals surface area contributed by atoms with Crippen LogP contribution in [0.3, 0.4) is 0 Å². The zero-order valence-corrected chi connectivity index (χ0v) is 15.3. The van der Waals surface area contributed by atoms with Gasteiger partial charge in [-0.05, 0) is 31.4 Å². The lowest BCUT2D eigenvalue weighted by Crippen LogP contribution is -2.11. The van der Waals surface area contributed by atoms with Gasteiger partial charge >= 0.3 is 0 Å². The molecule has 2 aromatic heterocycles. The molecule has 3 rings (SSSR count). The Balaban J connectivity index is 1.83. The Kier molecular flexibility index (Phi) is 4.46. The summed E-state index contributed by atoms with van der Waals surface area (Å²) in [5.41, 5.74) is 2.86. The summed E-state index contributed by atoms with van der Waals surface area (Å²) < 4.78 is 1.09. The van der Waals surface area contributed by atoms with E-state index >= 15 is 0 Å². The summed E-state index contributed by atoms with van der Waals surface area (Å²) in [4.78, 5) is 22.2. The Bertz CT molecular complexity index is 864. The van der Waals surface area contributed by atoms with Gasteiger partial charge in [0.05, 0.1) is 20.9 Å². The molecule has 0 atom stereocenters. The van der Waals surface area contributed by atoms with Crippen molar-refractivity contribution >= 4 is 43.9 Å². The normalized spacial score (nSPS) is 11.3. The Hall–Kier alpha value is -1.79. The topological polar surface area (TPSA) is 54.9 Å². The molecule has 3 aromatic rings. The van der Waals surface area contributed by atoms with Gasteiger partial charge in [0.2, 0.25) is 0 Å². The predicted octanol–water partition coefficient (Wildman–Crippen LogP) is 4.82. The molecule has 0 spiro atoms. The van der Waals surface area contributed by atoms with Gasteiger partial charge in [0.1, 0.15) is 4.88 Å². The number of carbonyl (C=O) groups excluding carboxylic acids is 1. The number of rotatable bonds is 4. The van der Waals surface area contributed by atoms with Gasteiger partial charge in [-0.25, -0.2) is 9.97 Å². The van der Waals surface area contributed by atoms with Crippen LogP contribution >= 0.6 is 22.7 Å². The average molecular weight is 345 g/mol. The van der Waals surface area contributed by atoms with Crippen LogP contribution in [0, 0.1) is 19.8 Å². The van der Waals surface area contributed by atoms with E-state index in [0.29, 0.717) is 15.9 Å². The lowest BCUT2D eigenvalue weighted by molar-refractivity contribution is 0.103. The standard InChI is InChI=1S/C17H19N3OS2/c1-9(2)8-13-18-11(4)15(23-13)16(21)20-17-19-14-10(3)6-5-7-12(14)22-17/h5-7,9H,8H2,1-4H3,(H,19,20,21). The van der Waals surface area contributed by atoms with Gasteiger partial charge in [-0.3, -0.25) is 10.1 Å². The minimum Gasteiger partial charge on any atom is -0.297 e. The van der Waals surface area contributed by atoms with Gasteiger partial charge in [0.25, 0.3) is 5.91 Å². The fraction of sp³-hybridized carbons (Fsp3) is 0.353. The number of hydrogen-bond acceptors (Lipinski definition) is 5. The SMILES string of the molecule is Cc1nc(CC(C)C)sc1C(=O)Nc1nc2c(C)cccc2s1. The maximum absolute atomic E-state index is 12.5. The molecular formula is C17H19N3OS2. The Morgan fingerprint density at radius 3 is 2.70 bits per heavy atom. The third kappa shape index (κ3) is 3.43. The maximum atomic E-state index is 12.5. The van der Waals surface area contributed by atoms with E-state index in [1.807, 2.05) is 32.0 Å². The van der Waals surface area contributed by atoms with Crippen LogP contribution in [0.4, 0.5) is 5.13 Å². The highest BCUT2D eigenvalue weighted by atomic mass is 32.1. The number of carbonyl (C=O) groups is 1. The first kappa shape index (κ1) is 16.1. The third-order valence-corrected chi connectivity index (χ3v) is 5.59. The molecule has 4 nitrogen and oxygen atoms in total. The minimum absolute atomic E-state index is 0.119. The van der Waals surface area contributed by atoms with E-state index in [2.05, 4.69) is 29.1 Å². The molecule has 23 heavy (non-hydrogen) atoms. The van der Waals surface area contributed by atoms with Crippen LogP contribution in [0.5, 0.6) is 0 Å². The van der Waals surface area contributed by atoms with Crippen molar-refractivity contribution in [3.05, 3.63) is 39.3 Å². The molecule has 0 fully saturated rings. The van der Waals surface area contributed by atoms with Crippen LogP contribution in [0.25, 0.3) is 10.2 Å². The molecule has 0 saturated carbocycles. The fourth-order valence-electron chi connectivity index (χ4n) is 2.39. The first-order valence-corrected chi connectivity index (χ1v) is 9.21. The first-order chi connectivity index (χ1) is 10.9. The molecule has 6 heteroatoms. The average Bonchev–Trinajstić information content (AvgIpc) is 3.02. The van der Waals surface area contributed by atoms with Gasteiger partial charge < -0.3 is 0 Å². The number of aromatic nitrogens is 2. The van der Waals surface area contributed by atoms with Gasteiger partial charge in [-0.2, -0.15) is 0 Å². The number of para-hydroxylation sites is 1. The van der Waals surface area contributed by atoms with Crippen molar-refractivity contribution in [3.8, 4) is 0 Å². The maximum Gasteiger partial charge on any atom is 0.269 e. The molecule has 120 valence electrons. The largest absolute Gasteiger partial charge is 0.297 e. The fourth-order valence-corrected chi connectivity index (χ4v) is 4.50. The summed E-state index contributed by atoms with van der Waals surface area (Å²) in [7, 11) is 0. The number of benzene rings is 1. The summed E-state index contributed by atoms with van der Waals surface area (Å²) in [6, 6.07) is 6.06. The number of amides is 1. The second-order valence-electron chi connectivity index (χ2n) is 6.01. The van der Waals surface area contributed by atoms with Crippen LogP contribution in [-0.2, 0) is 6.42 Å². The summed E-state index contributed by atoms with van der Waals surface area (Å²) >= 11 is 2.98. The van der Waals surface area contributed by atoms with E-state index in [9.17, 15) is 4.79 Å². The van der Waals surface area contributed by atoms with Gasteiger partial charge in [0.15, 0.2) is 5.13 Å². The van der Waals surface area contributed by atoms with Crippen molar-refractivity contribution in [1.29, 1.82) is 0 Å². The second kappa shape index (κ2) is 6.37. The molecule has 0 unspecified atom stereocenters. The van der Waals surface area contributed by atoms with Crippen molar-refractivity contribution in [2.45, 2.75) is 34.1 Å². The van der Waals surface area contributed by atoms with E-state index in [0.717, 1.165) is 32.9 Å². The first-order valence-electron chi connectivity index (χ1n) is 7.58. The summed E-state index contributed by atoms with van der Waals surface area (Å²) in [5.74, 6) is 0.412. The molecule has 1 aromatic carbocycles. The van der Waals surface area contributed by atoms with Gasteiger partial charge in [0, 0.05) is 6.42 Å². The van der Waals surface area contributed by atoms with E-state index in [-0.39, 0.29) is 5.91 Å². The zero-order chi connectivity index (χ0) is 16.6. The van der Waals surface area contributed by atoms with Crippen LogP contribution in [-0.4, -0.2) is 15.9 Å². The molecule has 2 heterocycles. The predicted molar refractivity (Wildman–Crippen MR) is 97.7 cm³/mol. The smallest absolute Gasteiger partial charge is 0.269 e. The van der Waals surface area contributed by atoms with Crippen molar-refractivity contribution in [2.75, 3.05) is 5.32 Å². The molecule has 0 bridgehead atoms. The lowest BCUT2D eigenvalue weighted by Gasteiger charge is -1.99. The molecule has 1 N–H and O–H groups in total. The van der Waals surface area contributed by atoms with Crippen molar-refractivity contribution in [2.24, 2.45) is 5.92 Å². The molecule has 0 aliphatic heterocycles. The Morgan fingerprint density at radius 1 is 1.22 bits per heavy atom. The van der Waals surface area contributed by atoms with E-state index in [1.165, 1.54) is 22.7 Å². The number of fused-ring (bicyclic) bond motifs is 1. The van der Waals surface area contributed by atoms with E-state index in [4.69, 9.17) is 0 Å². The zero-order valence-electron chi connectivity index (χ0n) is 13.6. The minimum atomic E-state index is -0.119. The van der Waals surface area contributed by atoms with Crippen molar-refractivity contribution < 1.29 is 4.79 Å². The highest BCUT2D eigenvalue weighted by molar-refractivity contribution is 7.22. The number of aryl methyl sites for hydroxylation is 2. The monoisotopic (exact) mass is 345 g/mol. The molecule has 0 aliphatic rings.